The minimum Gasteiger partial charge on any atom is -0.367 e. The first-order valence-electron chi connectivity index (χ1n) is 7.33. The van der Waals surface area contributed by atoms with E-state index >= 15 is 0 Å². The molecule has 7 heteroatoms. The molecule has 20 heavy (non-hydrogen) atoms. The monoisotopic (exact) mass is 280 g/mol. The highest BCUT2D eigenvalue weighted by molar-refractivity contribution is 5.76. The molecule has 4 N–H and O–H groups in total. The van der Waals surface area contributed by atoms with Crippen LogP contribution < -0.4 is 11.1 Å². The predicted octanol–water partition coefficient (Wildman–Crippen LogP) is 0.515. The number of hydrogen-bond donors (Lipinski definition) is 3. The van der Waals surface area contributed by atoms with Gasteiger partial charge in [-0.05, 0) is 44.8 Å². The minimum absolute atomic E-state index is 0.0777. The Balaban J connectivity index is 1.65. The van der Waals surface area contributed by atoms with E-state index in [9.17, 15) is 4.79 Å². The second kappa shape index (κ2) is 7.23. The molecular formula is C13H24N6O. The van der Waals surface area contributed by atoms with Gasteiger partial charge in [0.1, 0.15) is 5.82 Å². The molecule has 0 radical (unpaired) electrons. The summed E-state index contributed by atoms with van der Waals surface area (Å²) in [5, 5.41) is 9.25. The zero-order valence-electron chi connectivity index (χ0n) is 12.1. The fourth-order valence-corrected chi connectivity index (χ4v) is 2.64. The standard InChI is InChI=1S/C13H24N6O/c1-2-5-19-6-3-10(4-7-19)8-12(20)15-9-11-16-13(14)18-17-11/h10H,2-9H2,1H3,(H,15,20)(H3,14,16,17,18). The molecule has 1 saturated heterocycles. The van der Waals surface area contributed by atoms with E-state index in [1.54, 1.807) is 0 Å². The summed E-state index contributed by atoms with van der Waals surface area (Å²) in [7, 11) is 0. The van der Waals surface area contributed by atoms with E-state index in [2.05, 4.69) is 32.3 Å². The van der Waals surface area contributed by atoms with Crippen LogP contribution >= 0.6 is 0 Å². The van der Waals surface area contributed by atoms with E-state index in [1.165, 1.54) is 13.0 Å². The molecule has 1 aliphatic heterocycles. The molecule has 0 saturated carbocycles. The van der Waals surface area contributed by atoms with E-state index in [0.29, 0.717) is 24.7 Å². The first kappa shape index (κ1) is 14.8. The summed E-state index contributed by atoms with van der Waals surface area (Å²) in [4.78, 5) is 18.3. The van der Waals surface area contributed by atoms with Crippen molar-refractivity contribution in [3.63, 3.8) is 0 Å². The molecule has 2 rings (SSSR count). The number of nitrogens with one attached hydrogen (secondary N) is 2. The third-order valence-electron chi connectivity index (χ3n) is 3.72. The molecule has 2 heterocycles. The molecule has 1 aliphatic rings. The Morgan fingerprint density at radius 3 is 2.85 bits per heavy atom. The van der Waals surface area contributed by atoms with Crippen LogP contribution in [0.3, 0.4) is 0 Å². The number of H-pyrrole nitrogens is 1. The van der Waals surface area contributed by atoms with Gasteiger partial charge in [0.25, 0.3) is 0 Å². The first-order chi connectivity index (χ1) is 9.67. The molecule has 0 unspecified atom stereocenters. The van der Waals surface area contributed by atoms with Crippen LogP contribution in [0.1, 0.15) is 38.4 Å². The van der Waals surface area contributed by atoms with Crippen molar-refractivity contribution < 1.29 is 4.79 Å². The summed E-state index contributed by atoms with van der Waals surface area (Å²) in [5.41, 5.74) is 5.40. The number of nitrogen functional groups attached to an aromatic ring is 1. The summed E-state index contributed by atoms with van der Waals surface area (Å²) in [6.07, 6.45) is 4.03. The molecule has 0 spiro atoms. The van der Waals surface area contributed by atoms with Crippen molar-refractivity contribution in [2.24, 2.45) is 5.92 Å². The average molecular weight is 280 g/mol. The van der Waals surface area contributed by atoms with Gasteiger partial charge < -0.3 is 16.0 Å². The Hall–Kier alpha value is -1.63. The third-order valence-corrected chi connectivity index (χ3v) is 3.72. The molecule has 112 valence electrons. The second-order valence-corrected chi connectivity index (χ2v) is 5.41. The number of carbonyl (C=O) groups excluding carboxylic acids is 1. The number of aromatic amines is 1. The molecule has 0 atom stereocenters. The number of amides is 1. The molecule has 1 fully saturated rings. The molecular weight excluding hydrogens is 256 g/mol. The number of piperidine rings is 1. The Bertz CT molecular complexity index is 424. The van der Waals surface area contributed by atoms with Crippen molar-refractivity contribution >= 4 is 11.9 Å². The van der Waals surface area contributed by atoms with Crippen LogP contribution in [0.15, 0.2) is 0 Å². The van der Waals surface area contributed by atoms with Gasteiger partial charge in [-0.3, -0.25) is 9.89 Å². The van der Waals surface area contributed by atoms with Gasteiger partial charge in [0.2, 0.25) is 11.9 Å². The lowest BCUT2D eigenvalue weighted by atomic mass is 9.93. The maximum atomic E-state index is 11.9. The fourth-order valence-electron chi connectivity index (χ4n) is 2.64. The Kier molecular flexibility index (Phi) is 5.34. The smallest absolute Gasteiger partial charge is 0.239 e. The van der Waals surface area contributed by atoms with Gasteiger partial charge in [-0.2, -0.15) is 4.98 Å². The number of nitrogens with two attached hydrogens (primary N) is 1. The summed E-state index contributed by atoms with van der Waals surface area (Å²) in [6.45, 7) is 5.97. The second-order valence-electron chi connectivity index (χ2n) is 5.41. The Morgan fingerprint density at radius 2 is 2.25 bits per heavy atom. The number of nitrogens with zero attached hydrogens (tertiary/aromatic N) is 3. The topological polar surface area (TPSA) is 99.9 Å². The van der Waals surface area contributed by atoms with Crippen LogP contribution in [0.4, 0.5) is 5.95 Å². The number of aromatic nitrogens is 3. The zero-order valence-corrected chi connectivity index (χ0v) is 12.1. The lowest BCUT2D eigenvalue weighted by Gasteiger charge is -2.31. The first-order valence-corrected chi connectivity index (χ1v) is 7.33. The Morgan fingerprint density at radius 1 is 1.50 bits per heavy atom. The van der Waals surface area contributed by atoms with Gasteiger partial charge in [0, 0.05) is 6.42 Å². The van der Waals surface area contributed by atoms with Crippen molar-refractivity contribution in [1.82, 2.24) is 25.4 Å². The maximum Gasteiger partial charge on any atom is 0.239 e. The Labute approximate surface area is 119 Å². The van der Waals surface area contributed by atoms with Crippen molar-refractivity contribution in [2.75, 3.05) is 25.4 Å². The van der Waals surface area contributed by atoms with E-state index < -0.39 is 0 Å². The van der Waals surface area contributed by atoms with Gasteiger partial charge in [0.05, 0.1) is 6.54 Å². The largest absolute Gasteiger partial charge is 0.367 e. The van der Waals surface area contributed by atoms with Crippen LogP contribution in [-0.4, -0.2) is 45.6 Å². The van der Waals surface area contributed by atoms with Gasteiger partial charge in [0.15, 0.2) is 0 Å². The zero-order chi connectivity index (χ0) is 14.4. The van der Waals surface area contributed by atoms with E-state index in [-0.39, 0.29) is 11.9 Å². The maximum absolute atomic E-state index is 11.9. The third kappa shape index (κ3) is 4.48. The number of likely N-dealkylation sites (tertiary alicyclic amines) is 1. The van der Waals surface area contributed by atoms with Crippen molar-refractivity contribution in [1.29, 1.82) is 0 Å². The molecule has 1 aromatic heterocycles. The van der Waals surface area contributed by atoms with Crippen molar-refractivity contribution in [3.8, 4) is 0 Å². The number of anilines is 1. The number of rotatable bonds is 6. The van der Waals surface area contributed by atoms with Gasteiger partial charge in [-0.1, -0.05) is 6.92 Å². The molecule has 0 aliphatic carbocycles. The summed E-state index contributed by atoms with van der Waals surface area (Å²) < 4.78 is 0. The van der Waals surface area contributed by atoms with Crippen LogP contribution in [-0.2, 0) is 11.3 Å². The van der Waals surface area contributed by atoms with Gasteiger partial charge in [-0.15, -0.1) is 5.10 Å². The SMILES string of the molecule is CCCN1CCC(CC(=O)NCc2nc(N)n[nH]2)CC1. The molecule has 0 bridgehead atoms. The minimum atomic E-state index is 0.0777. The van der Waals surface area contributed by atoms with Crippen LogP contribution in [0.25, 0.3) is 0 Å². The highest BCUT2D eigenvalue weighted by Gasteiger charge is 2.20. The quantitative estimate of drug-likeness (QED) is 0.705. The van der Waals surface area contributed by atoms with Crippen LogP contribution in [0, 0.1) is 5.92 Å². The van der Waals surface area contributed by atoms with E-state index in [4.69, 9.17) is 5.73 Å². The summed E-state index contributed by atoms with van der Waals surface area (Å²) in [5.74, 6) is 1.38. The number of carbonyl (C=O) groups is 1. The van der Waals surface area contributed by atoms with Gasteiger partial charge in [-0.25, -0.2) is 0 Å². The normalized spacial score (nSPS) is 17.2. The molecule has 1 aromatic rings. The lowest BCUT2D eigenvalue weighted by molar-refractivity contribution is -0.122. The van der Waals surface area contributed by atoms with E-state index in [0.717, 1.165) is 25.9 Å². The predicted molar refractivity (Wildman–Crippen MR) is 76.7 cm³/mol. The van der Waals surface area contributed by atoms with Crippen LogP contribution in [0.2, 0.25) is 0 Å². The fraction of sp³-hybridized carbons (Fsp3) is 0.769. The van der Waals surface area contributed by atoms with E-state index in [1.807, 2.05) is 0 Å². The van der Waals surface area contributed by atoms with Gasteiger partial charge >= 0.3 is 0 Å². The molecule has 7 nitrogen and oxygen atoms in total. The molecule has 1 amide bonds. The van der Waals surface area contributed by atoms with Crippen molar-refractivity contribution in [2.45, 2.75) is 39.2 Å². The summed E-state index contributed by atoms with van der Waals surface area (Å²) >= 11 is 0. The number of hydrogen-bond acceptors (Lipinski definition) is 5. The van der Waals surface area contributed by atoms with Crippen molar-refractivity contribution in [3.05, 3.63) is 5.82 Å². The average Bonchev–Trinajstić information content (AvgIpc) is 2.85. The summed E-state index contributed by atoms with van der Waals surface area (Å²) in [6, 6.07) is 0. The van der Waals surface area contributed by atoms with Crippen LogP contribution in [0.5, 0.6) is 0 Å². The molecule has 0 aromatic carbocycles. The highest BCUT2D eigenvalue weighted by Crippen LogP contribution is 2.20. The lowest BCUT2D eigenvalue weighted by Crippen LogP contribution is -2.36. The highest BCUT2D eigenvalue weighted by atomic mass is 16.1.